The van der Waals surface area contributed by atoms with E-state index in [0.717, 1.165) is 22.7 Å². The number of oxazole rings is 1. The third-order valence-electron chi connectivity index (χ3n) is 3.34. The molecule has 2 rings (SSSR count). The second kappa shape index (κ2) is 6.54. The lowest BCUT2D eigenvalue weighted by Gasteiger charge is -2.14. The van der Waals surface area contributed by atoms with Gasteiger partial charge >= 0.3 is 0 Å². The zero-order chi connectivity index (χ0) is 15.4. The second-order valence-corrected chi connectivity index (χ2v) is 5.16. The monoisotopic (exact) mass is 287 g/mol. The van der Waals surface area contributed by atoms with Crippen LogP contribution in [0.15, 0.2) is 28.7 Å². The lowest BCUT2D eigenvalue weighted by molar-refractivity contribution is -0.114. The Balaban J connectivity index is 1.99. The van der Waals surface area contributed by atoms with Gasteiger partial charge in [0.15, 0.2) is 0 Å². The highest BCUT2D eigenvalue weighted by atomic mass is 16.4. The Labute approximate surface area is 124 Å². The summed E-state index contributed by atoms with van der Waals surface area (Å²) < 4.78 is 5.55. The van der Waals surface area contributed by atoms with E-state index in [1.54, 1.807) is 0 Å². The number of nitrogens with zero attached hydrogens (tertiary/aromatic N) is 1. The van der Waals surface area contributed by atoms with Crippen molar-refractivity contribution in [2.45, 2.75) is 40.3 Å². The number of amides is 1. The van der Waals surface area contributed by atoms with Crippen molar-refractivity contribution in [2.75, 3.05) is 5.32 Å². The summed E-state index contributed by atoms with van der Waals surface area (Å²) in [5, 5.41) is 6.15. The van der Waals surface area contributed by atoms with Gasteiger partial charge in [0.25, 0.3) is 0 Å². The molecule has 0 saturated carbocycles. The third kappa shape index (κ3) is 4.16. The van der Waals surface area contributed by atoms with Crippen molar-refractivity contribution in [3.63, 3.8) is 0 Å². The zero-order valence-electron chi connectivity index (χ0n) is 12.9. The molecule has 5 nitrogen and oxygen atoms in total. The lowest BCUT2D eigenvalue weighted by atomic mass is 10.1. The summed E-state index contributed by atoms with van der Waals surface area (Å²) in [6.45, 7) is 7.98. The minimum atomic E-state index is -0.0708. The van der Waals surface area contributed by atoms with Gasteiger partial charge in [0.05, 0.1) is 12.2 Å². The van der Waals surface area contributed by atoms with E-state index in [1.165, 1.54) is 6.92 Å². The van der Waals surface area contributed by atoms with Gasteiger partial charge in [0.1, 0.15) is 5.76 Å². The molecular formula is C16H21N3O2. The quantitative estimate of drug-likeness (QED) is 0.886. The summed E-state index contributed by atoms with van der Waals surface area (Å²) in [6, 6.07) is 7.92. The van der Waals surface area contributed by atoms with E-state index < -0.39 is 0 Å². The van der Waals surface area contributed by atoms with Crippen LogP contribution in [0.1, 0.15) is 42.8 Å². The first-order chi connectivity index (χ1) is 9.95. The molecule has 1 aromatic carbocycles. The van der Waals surface area contributed by atoms with Crippen LogP contribution in [0, 0.1) is 13.8 Å². The van der Waals surface area contributed by atoms with Crippen LogP contribution in [0.3, 0.4) is 0 Å². The number of hydrogen-bond donors (Lipinski definition) is 2. The Bertz CT molecular complexity index is 615. The van der Waals surface area contributed by atoms with Gasteiger partial charge in [0, 0.05) is 18.7 Å². The molecule has 1 heterocycles. The number of carbonyl (C=O) groups excluding carboxylic acids is 1. The van der Waals surface area contributed by atoms with Crippen molar-refractivity contribution in [1.82, 2.24) is 10.3 Å². The van der Waals surface area contributed by atoms with E-state index in [4.69, 9.17) is 4.42 Å². The van der Waals surface area contributed by atoms with Crippen LogP contribution in [0.25, 0.3) is 0 Å². The van der Waals surface area contributed by atoms with Gasteiger partial charge in [0.2, 0.25) is 11.8 Å². The van der Waals surface area contributed by atoms with Gasteiger partial charge < -0.3 is 15.1 Å². The average molecular weight is 287 g/mol. The topological polar surface area (TPSA) is 67.2 Å². The number of aromatic nitrogens is 1. The molecule has 1 unspecified atom stereocenters. The van der Waals surface area contributed by atoms with Crippen LogP contribution in [-0.4, -0.2) is 10.9 Å². The van der Waals surface area contributed by atoms with Crippen LogP contribution in [0.2, 0.25) is 0 Å². The van der Waals surface area contributed by atoms with Crippen LogP contribution in [-0.2, 0) is 11.3 Å². The maximum Gasteiger partial charge on any atom is 0.221 e. The molecule has 0 radical (unpaired) electrons. The molecule has 0 spiro atoms. The highest BCUT2D eigenvalue weighted by molar-refractivity contribution is 5.88. The van der Waals surface area contributed by atoms with Gasteiger partial charge in [-0.2, -0.15) is 0 Å². The summed E-state index contributed by atoms with van der Waals surface area (Å²) in [6.07, 6.45) is 0. The Morgan fingerprint density at radius 2 is 2.14 bits per heavy atom. The number of hydrogen-bond acceptors (Lipinski definition) is 4. The number of rotatable bonds is 5. The minimum Gasteiger partial charge on any atom is -0.444 e. The van der Waals surface area contributed by atoms with Crippen molar-refractivity contribution in [2.24, 2.45) is 0 Å². The summed E-state index contributed by atoms with van der Waals surface area (Å²) in [5.41, 5.74) is 2.82. The molecule has 0 aliphatic rings. The highest BCUT2D eigenvalue weighted by Gasteiger charge is 2.09. The van der Waals surface area contributed by atoms with E-state index >= 15 is 0 Å². The number of nitrogens with one attached hydrogen (secondary N) is 2. The molecule has 0 saturated heterocycles. The lowest BCUT2D eigenvalue weighted by Crippen LogP contribution is -2.18. The SMILES string of the molecule is CC(=O)Nc1cccc(C(C)NCc2nc(C)c(C)o2)c1. The van der Waals surface area contributed by atoms with Gasteiger partial charge in [-0.3, -0.25) is 4.79 Å². The molecule has 1 atom stereocenters. The van der Waals surface area contributed by atoms with Crippen molar-refractivity contribution in [3.8, 4) is 0 Å². The van der Waals surface area contributed by atoms with E-state index in [9.17, 15) is 4.79 Å². The van der Waals surface area contributed by atoms with Gasteiger partial charge in [-0.05, 0) is 38.5 Å². The Morgan fingerprint density at radius 1 is 1.38 bits per heavy atom. The first-order valence-electron chi connectivity index (χ1n) is 6.99. The Morgan fingerprint density at radius 3 is 2.76 bits per heavy atom. The smallest absolute Gasteiger partial charge is 0.221 e. The molecule has 2 N–H and O–H groups in total. The summed E-state index contributed by atoms with van der Waals surface area (Å²) in [7, 11) is 0. The first-order valence-corrected chi connectivity index (χ1v) is 6.99. The second-order valence-electron chi connectivity index (χ2n) is 5.16. The average Bonchev–Trinajstić information content (AvgIpc) is 2.75. The first kappa shape index (κ1) is 15.3. The number of benzene rings is 1. The van der Waals surface area contributed by atoms with Crippen LogP contribution < -0.4 is 10.6 Å². The fraction of sp³-hybridized carbons (Fsp3) is 0.375. The zero-order valence-corrected chi connectivity index (χ0v) is 12.9. The van der Waals surface area contributed by atoms with Crippen molar-refractivity contribution in [1.29, 1.82) is 0 Å². The number of anilines is 1. The molecule has 0 bridgehead atoms. The van der Waals surface area contributed by atoms with Crippen molar-refractivity contribution < 1.29 is 9.21 Å². The van der Waals surface area contributed by atoms with Crippen molar-refractivity contribution >= 4 is 11.6 Å². The minimum absolute atomic E-state index is 0.0708. The molecule has 1 amide bonds. The molecule has 112 valence electrons. The number of aryl methyl sites for hydroxylation is 2. The van der Waals surface area contributed by atoms with E-state index in [1.807, 2.05) is 38.1 Å². The van der Waals surface area contributed by atoms with E-state index in [0.29, 0.717) is 12.4 Å². The fourth-order valence-corrected chi connectivity index (χ4v) is 2.06. The number of carbonyl (C=O) groups is 1. The Hall–Kier alpha value is -2.14. The van der Waals surface area contributed by atoms with E-state index in [2.05, 4.69) is 22.5 Å². The normalized spacial score (nSPS) is 12.2. The van der Waals surface area contributed by atoms with Crippen LogP contribution in [0.5, 0.6) is 0 Å². The maximum absolute atomic E-state index is 11.1. The van der Waals surface area contributed by atoms with E-state index in [-0.39, 0.29) is 11.9 Å². The van der Waals surface area contributed by atoms with Crippen molar-refractivity contribution in [3.05, 3.63) is 47.2 Å². The maximum atomic E-state index is 11.1. The predicted octanol–water partition coefficient (Wildman–Crippen LogP) is 3.10. The van der Waals surface area contributed by atoms with Gasteiger partial charge in [-0.1, -0.05) is 12.1 Å². The van der Waals surface area contributed by atoms with Gasteiger partial charge in [-0.15, -0.1) is 0 Å². The molecule has 0 aliphatic carbocycles. The van der Waals surface area contributed by atoms with Gasteiger partial charge in [-0.25, -0.2) is 4.98 Å². The predicted molar refractivity (Wildman–Crippen MR) is 82.0 cm³/mol. The van der Waals surface area contributed by atoms with Crippen LogP contribution in [0.4, 0.5) is 5.69 Å². The molecular weight excluding hydrogens is 266 g/mol. The Kier molecular flexibility index (Phi) is 4.75. The molecule has 5 heteroatoms. The summed E-state index contributed by atoms with van der Waals surface area (Å²) >= 11 is 0. The molecule has 0 aliphatic heterocycles. The fourth-order valence-electron chi connectivity index (χ4n) is 2.06. The van der Waals surface area contributed by atoms with Crippen LogP contribution >= 0.6 is 0 Å². The standard InChI is InChI=1S/C16H21N3O2/c1-10-12(3)21-16(18-10)9-17-11(2)14-6-5-7-15(8-14)19-13(4)20/h5-8,11,17H,9H2,1-4H3,(H,19,20). The summed E-state index contributed by atoms with van der Waals surface area (Å²) in [4.78, 5) is 15.4. The third-order valence-corrected chi connectivity index (χ3v) is 3.34. The molecule has 2 aromatic rings. The largest absolute Gasteiger partial charge is 0.444 e. The molecule has 1 aromatic heterocycles. The highest BCUT2D eigenvalue weighted by Crippen LogP contribution is 2.18. The summed E-state index contributed by atoms with van der Waals surface area (Å²) in [5.74, 6) is 1.47. The molecule has 21 heavy (non-hydrogen) atoms. The molecule has 0 fully saturated rings.